The first kappa shape index (κ1) is 18.6. The van der Waals surface area contributed by atoms with E-state index in [1.807, 2.05) is 50.2 Å². The summed E-state index contributed by atoms with van der Waals surface area (Å²) in [5.41, 5.74) is 3.11. The summed E-state index contributed by atoms with van der Waals surface area (Å²) in [6.45, 7) is 6.09. The molecule has 146 valence electrons. The Morgan fingerprint density at radius 2 is 1.93 bits per heavy atom. The van der Waals surface area contributed by atoms with Crippen LogP contribution in [0.5, 0.6) is 11.5 Å². The smallest absolute Gasteiger partial charge is 0.230 e. The Bertz CT molecular complexity index is 926. The Balaban J connectivity index is 1.43. The number of hydrogen-bond donors (Lipinski definition) is 0. The van der Waals surface area contributed by atoms with Crippen molar-refractivity contribution in [3.8, 4) is 23.0 Å². The molecule has 0 aliphatic carbocycles. The molecule has 1 aliphatic rings. The molecule has 2 heterocycles. The van der Waals surface area contributed by atoms with Gasteiger partial charge in [-0.2, -0.15) is 0 Å². The van der Waals surface area contributed by atoms with E-state index in [1.54, 1.807) is 0 Å². The fourth-order valence-electron chi connectivity index (χ4n) is 3.64. The lowest BCUT2D eigenvalue weighted by Crippen LogP contribution is -2.31. The van der Waals surface area contributed by atoms with Crippen molar-refractivity contribution >= 4 is 0 Å². The molecule has 5 heteroatoms. The number of aromatic nitrogens is 1. The van der Waals surface area contributed by atoms with Gasteiger partial charge in [-0.1, -0.05) is 30.3 Å². The van der Waals surface area contributed by atoms with E-state index in [4.69, 9.17) is 18.9 Å². The molecule has 3 aromatic rings. The van der Waals surface area contributed by atoms with E-state index in [0.717, 1.165) is 41.5 Å². The molecule has 4 rings (SSSR count). The van der Waals surface area contributed by atoms with E-state index in [0.29, 0.717) is 19.0 Å². The maximum atomic E-state index is 6.06. The zero-order valence-electron chi connectivity index (χ0n) is 16.6. The third-order valence-electron chi connectivity index (χ3n) is 4.96. The number of nitrogens with zero attached hydrogens (tertiary/aromatic N) is 2. The third kappa shape index (κ3) is 3.90. The van der Waals surface area contributed by atoms with Crippen molar-refractivity contribution in [2.24, 2.45) is 0 Å². The minimum atomic E-state index is 0.174. The number of para-hydroxylation sites is 2. The maximum Gasteiger partial charge on any atom is 0.230 e. The van der Waals surface area contributed by atoms with Crippen LogP contribution in [0.15, 0.2) is 52.9 Å². The fraction of sp³-hybridized carbons (Fsp3) is 0.348. The van der Waals surface area contributed by atoms with E-state index >= 15 is 0 Å². The van der Waals surface area contributed by atoms with Crippen molar-refractivity contribution in [1.29, 1.82) is 0 Å². The normalized spacial score (nSPS) is 15.5. The Kier molecular flexibility index (Phi) is 5.35. The molecule has 0 N–H and O–H groups in total. The molecule has 1 aromatic heterocycles. The predicted molar refractivity (Wildman–Crippen MR) is 109 cm³/mol. The second kappa shape index (κ2) is 8.07. The van der Waals surface area contributed by atoms with Crippen LogP contribution >= 0.6 is 0 Å². The van der Waals surface area contributed by atoms with Crippen molar-refractivity contribution in [2.45, 2.75) is 32.9 Å². The summed E-state index contributed by atoms with van der Waals surface area (Å²) in [4.78, 5) is 6.98. The van der Waals surface area contributed by atoms with Gasteiger partial charge in [0.2, 0.25) is 5.89 Å². The van der Waals surface area contributed by atoms with Gasteiger partial charge in [0.1, 0.15) is 23.4 Å². The molecule has 0 spiro atoms. The van der Waals surface area contributed by atoms with Crippen LogP contribution in [0.2, 0.25) is 0 Å². The number of likely N-dealkylation sites (N-methyl/N-ethyl adjacent to an activating group) is 1. The highest BCUT2D eigenvalue weighted by Gasteiger charge is 2.24. The molecule has 0 radical (unpaired) electrons. The first-order valence-electron chi connectivity index (χ1n) is 9.75. The van der Waals surface area contributed by atoms with Crippen molar-refractivity contribution in [3.63, 3.8) is 0 Å². The largest absolute Gasteiger partial charge is 0.493 e. The summed E-state index contributed by atoms with van der Waals surface area (Å²) in [6.07, 6.45) is 1.12. The molecule has 0 saturated carbocycles. The molecular formula is C23H26N2O3. The van der Waals surface area contributed by atoms with Crippen molar-refractivity contribution < 1.29 is 13.9 Å². The molecule has 1 aliphatic heterocycles. The molecule has 28 heavy (non-hydrogen) atoms. The van der Waals surface area contributed by atoms with Gasteiger partial charge in [0.15, 0.2) is 0 Å². The summed E-state index contributed by atoms with van der Waals surface area (Å²) in [5.74, 6) is 3.25. The van der Waals surface area contributed by atoms with Gasteiger partial charge in [-0.3, -0.25) is 4.90 Å². The third-order valence-corrected chi connectivity index (χ3v) is 4.96. The van der Waals surface area contributed by atoms with Crippen LogP contribution in [-0.4, -0.2) is 36.2 Å². The maximum absolute atomic E-state index is 6.06. The highest BCUT2D eigenvalue weighted by atomic mass is 16.5. The van der Waals surface area contributed by atoms with E-state index in [1.165, 1.54) is 5.56 Å². The second-order valence-corrected chi connectivity index (χ2v) is 7.20. The summed E-state index contributed by atoms with van der Waals surface area (Å²) in [6, 6.07) is 16.1. The molecule has 1 atom stereocenters. The van der Waals surface area contributed by atoms with Crippen LogP contribution in [0.3, 0.4) is 0 Å². The average molecular weight is 378 g/mol. The fourth-order valence-corrected chi connectivity index (χ4v) is 3.64. The Morgan fingerprint density at radius 1 is 1.14 bits per heavy atom. The Labute approximate surface area is 165 Å². The molecule has 1 unspecified atom stereocenters. The van der Waals surface area contributed by atoms with Gasteiger partial charge >= 0.3 is 0 Å². The quantitative estimate of drug-likeness (QED) is 0.606. The average Bonchev–Trinajstić information content (AvgIpc) is 3.25. The number of hydrogen-bond acceptors (Lipinski definition) is 5. The van der Waals surface area contributed by atoms with E-state index in [-0.39, 0.29) is 6.10 Å². The van der Waals surface area contributed by atoms with Gasteiger partial charge in [0.05, 0.1) is 17.9 Å². The Hall–Kier alpha value is -2.79. The van der Waals surface area contributed by atoms with Gasteiger partial charge in [0.25, 0.3) is 0 Å². The van der Waals surface area contributed by atoms with Crippen LogP contribution in [-0.2, 0) is 13.0 Å². The van der Waals surface area contributed by atoms with Gasteiger partial charge in [-0.15, -0.1) is 0 Å². The van der Waals surface area contributed by atoms with Crippen LogP contribution in [0.4, 0.5) is 0 Å². The van der Waals surface area contributed by atoms with Crippen LogP contribution in [0.1, 0.15) is 23.9 Å². The number of benzene rings is 2. The van der Waals surface area contributed by atoms with Crippen LogP contribution in [0, 0.1) is 6.92 Å². The van der Waals surface area contributed by atoms with Crippen LogP contribution < -0.4 is 9.47 Å². The topological polar surface area (TPSA) is 47.7 Å². The lowest BCUT2D eigenvalue weighted by atomic mass is 10.1. The second-order valence-electron chi connectivity index (χ2n) is 7.20. The van der Waals surface area contributed by atoms with Crippen LogP contribution in [0.25, 0.3) is 11.5 Å². The molecule has 5 nitrogen and oxygen atoms in total. The van der Waals surface area contributed by atoms with E-state index in [9.17, 15) is 0 Å². The zero-order valence-corrected chi connectivity index (χ0v) is 16.6. The molecule has 0 saturated heterocycles. The first-order valence-corrected chi connectivity index (χ1v) is 9.75. The van der Waals surface area contributed by atoms with Gasteiger partial charge in [0, 0.05) is 19.5 Å². The Morgan fingerprint density at radius 3 is 2.75 bits per heavy atom. The summed E-state index contributed by atoms with van der Waals surface area (Å²) >= 11 is 0. The summed E-state index contributed by atoms with van der Waals surface area (Å²) in [7, 11) is 2.09. The number of rotatable bonds is 7. The monoisotopic (exact) mass is 378 g/mol. The molecular weight excluding hydrogens is 352 g/mol. The van der Waals surface area contributed by atoms with E-state index in [2.05, 4.69) is 24.1 Å². The number of ether oxygens (including phenoxy) is 2. The summed E-state index contributed by atoms with van der Waals surface area (Å²) in [5, 5.41) is 0. The minimum Gasteiger partial charge on any atom is -0.493 e. The van der Waals surface area contributed by atoms with Crippen molar-refractivity contribution in [2.75, 3.05) is 20.2 Å². The SMILES string of the molecule is CCOc1ccccc1-c1nc(CN(C)CC2Cc3ccccc3O2)c(C)o1. The minimum absolute atomic E-state index is 0.174. The lowest BCUT2D eigenvalue weighted by Gasteiger charge is -2.19. The first-order chi connectivity index (χ1) is 13.6. The van der Waals surface area contributed by atoms with E-state index < -0.39 is 0 Å². The van der Waals surface area contributed by atoms with Gasteiger partial charge in [-0.25, -0.2) is 4.98 Å². The molecule has 0 amide bonds. The number of fused-ring (bicyclic) bond motifs is 1. The highest BCUT2D eigenvalue weighted by molar-refractivity contribution is 5.63. The number of aryl methyl sites for hydroxylation is 1. The van der Waals surface area contributed by atoms with Gasteiger partial charge in [-0.05, 0) is 44.7 Å². The number of oxazole rings is 1. The molecule has 2 aromatic carbocycles. The molecule has 0 bridgehead atoms. The lowest BCUT2D eigenvalue weighted by molar-refractivity contribution is 0.164. The summed E-state index contributed by atoms with van der Waals surface area (Å²) < 4.78 is 17.7. The zero-order chi connectivity index (χ0) is 19.5. The van der Waals surface area contributed by atoms with Crippen molar-refractivity contribution in [3.05, 3.63) is 65.5 Å². The predicted octanol–water partition coefficient (Wildman–Crippen LogP) is 4.48. The van der Waals surface area contributed by atoms with Gasteiger partial charge < -0.3 is 13.9 Å². The highest BCUT2D eigenvalue weighted by Crippen LogP contribution is 2.31. The standard InChI is InChI=1S/C23H26N2O3/c1-4-26-22-12-8-6-10-19(22)23-24-20(16(2)27-23)15-25(3)14-18-13-17-9-5-7-11-21(17)28-18/h5-12,18H,4,13-15H2,1-3H3. The molecule has 0 fully saturated rings. The van der Waals surface area contributed by atoms with Crippen molar-refractivity contribution in [1.82, 2.24) is 9.88 Å².